The van der Waals surface area contributed by atoms with Gasteiger partial charge < -0.3 is 9.15 Å². The van der Waals surface area contributed by atoms with Gasteiger partial charge in [0.25, 0.3) is 0 Å². The maximum Gasteiger partial charge on any atom is 0.241 e. The number of likely N-dealkylation sites (tertiary alicyclic amines) is 1. The highest BCUT2D eigenvalue weighted by Crippen LogP contribution is 2.63. The number of carbonyl (C=O) groups is 1. The van der Waals surface area contributed by atoms with Crippen LogP contribution in [0.5, 0.6) is 5.75 Å². The highest BCUT2D eigenvalue weighted by molar-refractivity contribution is 7.90. The van der Waals surface area contributed by atoms with E-state index in [1.807, 2.05) is 67.6 Å². The number of fused-ring (bicyclic) bond motifs is 2. The molecule has 3 heterocycles. The van der Waals surface area contributed by atoms with Crippen LogP contribution < -0.4 is 4.74 Å². The SMILES string of the molecule is Cc1oc(-c2ccccc2)nc1CCOc1cccc(C[C@@H]2CN(Cc3ccccc3)C[C@H]2C(=O)N2[C@@H]3CC4CC[C@@]3(CC4(C)C)CS2(=O)=O)c1. The van der Waals surface area contributed by atoms with Crippen LogP contribution in [0.15, 0.2) is 89.3 Å². The molecule has 3 aromatic carbocycles. The van der Waals surface area contributed by atoms with Crippen LogP contribution in [0.4, 0.5) is 0 Å². The molecule has 1 spiro atoms. The molecule has 5 aliphatic rings. The van der Waals surface area contributed by atoms with Crippen LogP contribution in [0.25, 0.3) is 11.5 Å². The Labute approximate surface area is 302 Å². The van der Waals surface area contributed by atoms with Gasteiger partial charge in [0.2, 0.25) is 21.8 Å². The van der Waals surface area contributed by atoms with Gasteiger partial charge in [-0.3, -0.25) is 9.69 Å². The summed E-state index contributed by atoms with van der Waals surface area (Å²) in [5.74, 6) is 2.13. The van der Waals surface area contributed by atoms with Crippen molar-refractivity contribution < 1.29 is 22.4 Å². The van der Waals surface area contributed by atoms with E-state index in [0.717, 1.165) is 67.1 Å². The predicted molar refractivity (Wildman–Crippen MR) is 197 cm³/mol. The fraction of sp³-hybridized carbons (Fsp3) is 0.476. The first-order chi connectivity index (χ1) is 24.5. The molecule has 2 saturated heterocycles. The fourth-order valence-corrected chi connectivity index (χ4v) is 12.4. The number of benzene rings is 3. The zero-order chi connectivity index (χ0) is 35.4. The molecule has 3 saturated carbocycles. The van der Waals surface area contributed by atoms with E-state index in [2.05, 4.69) is 43.0 Å². The van der Waals surface area contributed by atoms with Gasteiger partial charge in [0.1, 0.15) is 11.5 Å². The topological polar surface area (TPSA) is 93.0 Å². The largest absolute Gasteiger partial charge is 0.493 e. The van der Waals surface area contributed by atoms with Crippen LogP contribution in [0.2, 0.25) is 0 Å². The van der Waals surface area contributed by atoms with Crippen molar-refractivity contribution in [3.63, 3.8) is 0 Å². The van der Waals surface area contributed by atoms with Crippen molar-refractivity contribution in [2.45, 2.75) is 71.9 Å². The second-order valence-electron chi connectivity index (χ2n) is 16.3. The molecule has 2 bridgehead atoms. The Balaban J connectivity index is 0.987. The monoisotopic (exact) mass is 707 g/mol. The van der Waals surface area contributed by atoms with Crippen molar-refractivity contribution >= 4 is 15.9 Å². The summed E-state index contributed by atoms with van der Waals surface area (Å²) in [5.41, 5.74) is 3.90. The van der Waals surface area contributed by atoms with Gasteiger partial charge in [-0.1, -0.05) is 74.5 Å². The van der Waals surface area contributed by atoms with Crippen LogP contribution in [-0.4, -0.2) is 60.0 Å². The molecule has 1 unspecified atom stereocenters. The highest BCUT2D eigenvalue weighted by Gasteiger charge is 2.65. The minimum atomic E-state index is -3.70. The number of aromatic nitrogens is 1. The van der Waals surface area contributed by atoms with Crippen molar-refractivity contribution in [2.24, 2.45) is 28.6 Å². The standard InChI is InChI=1S/C42H49N3O5S/c1-29-37(43-39(50-29)32-14-8-5-9-15-32)18-20-49-35-16-10-13-31(22-35)21-33-25-44(24-30-11-6-4-7-12-30)26-36(33)40(46)45-38-23-34-17-19-42(38,27-41(34,2)3)28-51(45,47)48/h4-16,22,33-34,36,38H,17-21,23-28H2,1-3H3/t33-,34?,36-,38-,42-/m1/s1. The molecule has 0 radical (unpaired) electrons. The Morgan fingerprint density at radius 1 is 0.980 bits per heavy atom. The molecule has 5 atom stereocenters. The first-order valence-electron chi connectivity index (χ1n) is 18.6. The van der Waals surface area contributed by atoms with E-state index in [1.54, 1.807) is 0 Å². The smallest absolute Gasteiger partial charge is 0.241 e. The van der Waals surface area contributed by atoms with Gasteiger partial charge in [0.05, 0.1) is 30.0 Å². The number of oxazole rings is 1. The number of rotatable bonds is 10. The van der Waals surface area contributed by atoms with Crippen molar-refractivity contribution in [3.8, 4) is 17.2 Å². The van der Waals surface area contributed by atoms with Crippen LogP contribution in [0.1, 0.15) is 62.1 Å². The first-order valence-corrected chi connectivity index (χ1v) is 20.2. The zero-order valence-corrected chi connectivity index (χ0v) is 30.8. The molecule has 4 aromatic rings. The molecule has 5 fully saturated rings. The summed E-state index contributed by atoms with van der Waals surface area (Å²) in [6.07, 6.45) is 4.92. The van der Waals surface area contributed by atoms with Gasteiger partial charge in [-0.15, -0.1) is 0 Å². The molecule has 9 rings (SSSR count). The molecule has 9 heteroatoms. The third-order valence-electron chi connectivity index (χ3n) is 12.4. The summed E-state index contributed by atoms with van der Waals surface area (Å²) in [4.78, 5) is 21.7. The second-order valence-corrected chi connectivity index (χ2v) is 18.1. The van der Waals surface area contributed by atoms with Gasteiger partial charge in [-0.25, -0.2) is 17.7 Å². The summed E-state index contributed by atoms with van der Waals surface area (Å²) in [6.45, 7) is 8.97. The van der Waals surface area contributed by atoms with Gasteiger partial charge in [0, 0.05) is 37.0 Å². The van der Waals surface area contributed by atoms with Crippen molar-refractivity contribution in [3.05, 3.63) is 108 Å². The number of amides is 1. The summed E-state index contributed by atoms with van der Waals surface area (Å²) >= 11 is 0. The molecular formula is C42H49N3O5S. The molecular weight excluding hydrogens is 659 g/mol. The average molecular weight is 708 g/mol. The van der Waals surface area contributed by atoms with E-state index in [9.17, 15) is 13.2 Å². The van der Waals surface area contributed by atoms with E-state index in [-0.39, 0.29) is 34.4 Å². The number of hydrogen-bond acceptors (Lipinski definition) is 7. The maximum atomic E-state index is 14.7. The molecule has 8 nitrogen and oxygen atoms in total. The predicted octanol–water partition coefficient (Wildman–Crippen LogP) is 7.32. The van der Waals surface area contributed by atoms with Gasteiger partial charge in [-0.05, 0) is 91.7 Å². The molecule has 1 amide bonds. The van der Waals surface area contributed by atoms with Crippen LogP contribution in [0, 0.1) is 35.5 Å². The van der Waals surface area contributed by atoms with Crippen molar-refractivity contribution in [1.29, 1.82) is 0 Å². The van der Waals surface area contributed by atoms with Crippen LogP contribution in [-0.2, 0) is 34.2 Å². The normalized spacial score (nSPS) is 27.8. The first kappa shape index (κ1) is 34.2. The Bertz CT molecular complexity index is 1990. The van der Waals surface area contributed by atoms with E-state index >= 15 is 0 Å². The van der Waals surface area contributed by atoms with Crippen LogP contribution in [0.3, 0.4) is 0 Å². The number of ether oxygens (including phenoxy) is 1. The summed E-state index contributed by atoms with van der Waals surface area (Å²) in [5, 5.41) is 0. The lowest BCUT2D eigenvalue weighted by Crippen LogP contribution is -2.57. The third kappa shape index (κ3) is 6.63. The van der Waals surface area contributed by atoms with Crippen LogP contribution >= 0.6 is 0 Å². The summed E-state index contributed by atoms with van der Waals surface area (Å²) < 4.78 is 41.5. The highest BCUT2D eigenvalue weighted by atomic mass is 32.2. The quantitative estimate of drug-likeness (QED) is 0.171. The number of sulfonamides is 1. The summed E-state index contributed by atoms with van der Waals surface area (Å²) in [6, 6.07) is 28.1. The lowest BCUT2D eigenvalue weighted by atomic mass is 9.49. The average Bonchev–Trinajstić information content (AvgIpc) is 3.74. The number of aryl methyl sites for hydroxylation is 1. The van der Waals surface area contributed by atoms with E-state index in [1.165, 1.54) is 9.87 Å². The Kier molecular flexibility index (Phi) is 8.86. The fourth-order valence-electron chi connectivity index (χ4n) is 9.99. The molecule has 3 aliphatic carbocycles. The Morgan fingerprint density at radius 3 is 2.49 bits per heavy atom. The third-order valence-corrected chi connectivity index (χ3v) is 14.4. The lowest BCUT2D eigenvalue weighted by Gasteiger charge is -2.57. The molecule has 268 valence electrons. The second kappa shape index (κ2) is 13.2. The van der Waals surface area contributed by atoms with E-state index in [0.29, 0.717) is 37.8 Å². The maximum absolute atomic E-state index is 14.7. The van der Waals surface area contributed by atoms with Crippen molar-refractivity contribution in [2.75, 3.05) is 25.4 Å². The van der Waals surface area contributed by atoms with Gasteiger partial charge >= 0.3 is 0 Å². The van der Waals surface area contributed by atoms with Gasteiger partial charge in [0.15, 0.2) is 0 Å². The molecule has 2 aliphatic heterocycles. The molecule has 51 heavy (non-hydrogen) atoms. The Morgan fingerprint density at radius 2 is 1.73 bits per heavy atom. The Hall–Kier alpha value is -3.95. The summed E-state index contributed by atoms with van der Waals surface area (Å²) in [7, 11) is -3.70. The van der Waals surface area contributed by atoms with E-state index in [4.69, 9.17) is 14.1 Å². The number of carbonyl (C=O) groups excluding carboxylic acids is 1. The number of hydrogen-bond donors (Lipinski definition) is 0. The van der Waals surface area contributed by atoms with Gasteiger partial charge in [-0.2, -0.15) is 0 Å². The molecule has 1 aromatic heterocycles. The van der Waals surface area contributed by atoms with Crippen molar-refractivity contribution in [1.82, 2.24) is 14.2 Å². The molecule has 0 N–H and O–H groups in total. The number of nitrogens with zero attached hydrogens (tertiary/aromatic N) is 3. The minimum absolute atomic E-state index is 0.0189. The van der Waals surface area contributed by atoms with E-state index < -0.39 is 15.9 Å². The lowest BCUT2D eigenvalue weighted by molar-refractivity contribution is -0.139. The minimum Gasteiger partial charge on any atom is -0.493 e. The zero-order valence-electron chi connectivity index (χ0n) is 30.0.